The van der Waals surface area contributed by atoms with Gasteiger partial charge in [-0.05, 0) is 38.4 Å². The van der Waals surface area contributed by atoms with Gasteiger partial charge in [0.05, 0.1) is 30.3 Å². The third kappa shape index (κ3) is 5.21. The van der Waals surface area contributed by atoms with E-state index in [1.807, 2.05) is 62.6 Å². The summed E-state index contributed by atoms with van der Waals surface area (Å²) in [5.74, 6) is 2.13. The fourth-order valence-electron chi connectivity index (χ4n) is 3.39. The Kier molecular flexibility index (Phi) is 6.70. The first-order valence-electron chi connectivity index (χ1n) is 10.5. The van der Waals surface area contributed by atoms with E-state index < -0.39 is 0 Å². The fraction of sp³-hybridized carbons (Fsp3) is 0.208. The standard InChI is InChI=1S/C24H27N7O2/c1-31(2)11-12-33-18-8-6-7-16(13-18)22-21(17-14-26-27-15-17)23(30-24(25)29-22)28-19-9-4-5-10-20(19)32-3/h4-10,13-15H,11-12H2,1-3H3,(H,26,27)(H3,25,28,29,30). The first-order valence-corrected chi connectivity index (χ1v) is 10.5. The third-order valence-corrected chi connectivity index (χ3v) is 4.99. The van der Waals surface area contributed by atoms with Gasteiger partial charge in [0.25, 0.3) is 0 Å². The van der Waals surface area contributed by atoms with Crippen LogP contribution in [0.3, 0.4) is 0 Å². The van der Waals surface area contributed by atoms with Crippen molar-refractivity contribution in [2.24, 2.45) is 0 Å². The number of benzene rings is 2. The van der Waals surface area contributed by atoms with Crippen molar-refractivity contribution in [2.75, 3.05) is 45.4 Å². The fourth-order valence-corrected chi connectivity index (χ4v) is 3.39. The van der Waals surface area contributed by atoms with Crippen molar-refractivity contribution in [3.05, 3.63) is 60.9 Å². The Hall–Kier alpha value is -4.11. The van der Waals surface area contributed by atoms with Gasteiger partial charge in [0.15, 0.2) is 0 Å². The predicted octanol–water partition coefficient (Wildman–Crippen LogP) is 3.81. The molecule has 9 nitrogen and oxygen atoms in total. The molecule has 0 saturated carbocycles. The normalized spacial score (nSPS) is 10.9. The number of ether oxygens (including phenoxy) is 2. The van der Waals surface area contributed by atoms with E-state index >= 15 is 0 Å². The Morgan fingerprint density at radius 1 is 1.06 bits per heavy atom. The number of likely N-dealkylation sites (N-methyl/N-ethyl adjacent to an activating group) is 1. The van der Waals surface area contributed by atoms with Crippen LogP contribution in [0.15, 0.2) is 60.9 Å². The molecule has 0 spiro atoms. The van der Waals surface area contributed by atoms with Gasteiger partial charge in [-0.1, -0.05) is 24.3 Å². The van der Waals surface area contributed by atoms with Crippen LogP contribution in [-0.4, -0.2) is 59.4 Å². The smallest absolute Gasteiger partial charge is 0.222 e. The highest BCUT2D eigenvalue weighted by atomic mass is 16.5. The first kappa shape index (κ1) is 22.1. The summed E-state index contributed by atoms with van der Waals surface area (Å²) in [5, 5.41) is 10.3. The van der Waals surface area contributed by atoms with Gasteiger partial charge in [-0.25, -0.2) is 4.98 Å². The SMILES string of the molecule is COc1ccccc1Nc1nc(N)nc(-c2cccc(OCCN(C)C)c2)c1-c1cn[nH]c1. The largest absolute Gasteiger partial charge is 0.495 e. The molecular formula is C24H27N7O2. The molecule has 0 saturated heterocycles. The zero-order valence-electron chi connectivity index (χ0n) is 18.9. The van der Waals surface area contributed by atoms with Crippen molar-refractivity contribution in [1.29, 1.82) is 0 Å². The predicted molar refractivity (Wildman–Crippen MR) is 130 cm³/mol. The Balaban J connectivity index is 1.79. The lowest BCUT2D eigenvalue weighted by Crippen LogP contribution is -2.19. The van der Waals surface area contributed by atoms with E-state index in [4.69, 9.17) is 15.2 Å². The van der Waals surface area contributed by atoms with E-state index in [1.165, 1.54) is 0 Å². The second-order valence-corrected chi connectivity index (χ2v) is 7.65. The number of methoxy groups -OCH3 is 1. The van der Waals surface area contributed by atoms with Crippen LogP contribution in [0.4, 0.5) is 17.5 Å². The number of para-hydroxylation sites is 2. The summed E-state index contributed by atoms with van der Waals surface area (Å²) in [6.45, 7) is 1.40. The quantitative estimate of drug-likeness (QED) is 0.356. The maximum atomic E-state index is 6.14. The van der Waals surface area contributed by atoms with Crippen molar-refractivity contribution in [1.82, 2.24) is 25.1 Å². The minimum atomic E-state index is 0.147. The molecule has 0 unspecified atom stereocenters. The molecule has 2 aromatic heterocycles. The molecular weight excluding hydrogens is 418 g/mol. The van der Waals surface area contributed by atoms with Gasteiger partial charge >= 0.3 is 0 Å². The lowest BCUT2D eigenvalue weighted by atomic mass is 10.0. The topological polar surface area (TPSA) is 114 Å². The van der Waals surface area contributed by atoms with Crippen molar-refractivity contribution in [2.45, 2.75) is 0 Å². The molecule has 9 heteroatoms. The molecule has 170 valence electrons. The van der Waals surface area contributed by atoms with Gasteiger partial charge in [-0.2, -0.15) is 10.1 Å². The van der Waals surface area contributed by atoms with E-state index in [-0.39, 0.29) is 5.95 Å². The third-order valence-electron chi connectivity index (χ3n) is 4.99. The van der Waals surface area contributed by atoms with Gasteiger partial charge in [-0.15, -0.1) is 0 Å². The summed E-state index contributed by atoms with van der Waals surface area (Å²) in [4.78, 5) is 11.2. The number of hydrogen-bond donors (Lipinski definition) is 3. The molecule has 2 heterocycles. The van der Waals surface area contributed by atoms with Gasteiger partial charge in [0, 0.05) is 23.9 Å². The van der Waals surface area contributed by atoms with E-state index in [0.29, 0.717) is 23.9 Å². The molecule has 4 N–H and O–H groups in total. The zero-order valence-corrected chi connectivity index (χ0v) is 18.9. The number of nitrogens with two attached hydrogens (primary N) is 1. The Morgan fingerprint density at radius 2 is 1.91 bits per heavy atom. The molecule has 0 aliphatic carbocycles. The van der Waals surface area contributed by atoms with E-state index in [9.17, 15) is 0 Å². The average Bonchev–Trinajstić information content (AvgIpc) is 3.33. The van der Waals surface area contributed by atoms with Crippen LogP contribution in [0.25, 0.3) is 22.4 Å². The minimum Gasteiger partial charge on any atom is -0.495 e. The van der Waals surface area contributed by atoms with Crippen molar-refractivity contribution in [3.8, 4) is 33.9 Å². The van der Waals surface area contributed by atoms with Crippen LogP contribution in [0.2, 0.25) is 0 Å². The second kappa shape index (κ2) is 10.0. The zero-order chi connectivity index (χ0) is 23.2. The van der Waals surface area contributed by atoms with Gasteiger partial charge in [0.2, 0.25) is 5.95 Å². The molecule has 0 bridgehead atoms. The number of anilines is 3. The maximum absolute atomic E-state index is 6.14. The van der Waals surface area contributed by atoms with Crippen molar-refractivity contribution < 1.29 is 9.47 Å². The van der Waals surface area contributed by atoms with Gasteiger partial charge in [0.1, 0.15) is 23.9 Å². The molecule has 0 aliphatic rings. The second-order valence-electron chi connectivity index (χ2n) is 7.65. The summed E-state index contributed by atoms with van der Waals surface area (Å²) in [6.07, 6.45) is 3.52. The summed E-state index contributed by atoms with van der Waals surface area (Å²) in [5.41, 5.74) is 10.00. The van der Waals surface area contributed by atoms with E-state index in [2.05, 4.69) is 30.4 Å². The van der Waals surface area contributed by atoms with E-state index in [0.717, 1.165) is 34.7 Å². The molecule has 0 radical (unpaired) electrons. The molecule has 0 atom stereocenters. The number of nitrogens with zero attached hydrogens (tertiary/aromatic N) is 4. The Labute approximate surface area is 192 Å². The number of H-pyrrole nitrogens is 1. The summed E-state index contributed by atoms with van der Waals surface area (Å²) >= 11 is 0. The maximum Gasteiger partial charge on any atom is 0.222 e. The summed E-state index contributed by atoms with van der Waals surface area (Å²) < 4.78 is 11.4. The first-order chi connectivity index (χ1) is 16.0. The molecule has 0 aliphatic heterocycles. The lowest BCUT2D eigenvalue weighted by molar-refractivity contribution is 0.261. The van der Waals surface area contributed by atoms with E-state index in [1.54, 1.807) is 19.5 Å². The number of aromatic nitrogens is 4. The Morgan fingerprint density at radius 3 is 2.67 bits per heavy atom. The van der Waals surface area contributed by atoms with Crippen molar-refractivity contribution >= 4 is 17.5 Å². The number of rotatable bonds is 9. The van der Waals surface area contributed by atoms with Crippen molar-refractivity contribution in [3.63, 3.8) is 0 Å². The number of nitrogens with one attached hydrogen (secondary N) is 2. The summed E-state index contributed by atoms with van der Waals surface area (Å²) in [6, 6.07) is 15.4. The molecule has 0 amide bonds. The minimum absolute atomic E-state index is 0.147. The van der Waals surface area contributed by atoms with Crippen LogP contribution < -0.4 is 20.5 Å². The van der Waals surface area contributed by atoms with Crippen LogP contribution >= 0.6 is 0 Å². The number of nitrogen functional groups attached to an aromatic ring is 1. The number of aromatic amines is 1. The molecule has 2 aromatic carbocycles. The van der Waals surface area contributed by atoms with Crippen LogP contribution in [0.5, 0.6) is 11.5 Å². The van der Waals surface area contributed by atoms with Crippen LogP contribution in [-0.2, 0) is 0 Å². The highest BCUT2D eigenvalue weighted by molar-refractivity contribution is 5.90. The van der Waals surface area contributed by atoms with Crippen LogP contribution in [0.1, 0.15) is 0 Å². The Bertz CT molecular complexity index is 1210. The molecule has 33 heavy (non-hydrogen) atoms. The summed E-state index contributed by atoms with van der Waals surface area (Å²) in [7, 11) is 5.65. The highest BCUT2D eigenvalue weighted by Gasteiger charge is 2.19. The molecule has 4 rings (SSSR count). The number of hydrogen-bond acceptors (Lipinski definition) is 8. The average molecular weight is 446 g/mol. The van der Waals surface area contributed by atoms with Gasteiger partial charge in [-0.3, -0.25) is 5.10 Å². The van der Waals surface area contributed by atoms with Crippen LogP contribution in [0, 0.1) is 0 Å². The molecule has 0 fully saturated rings. The van der Waals surface area contributed by atoms with Gasteiger partial charge < -0.3 is 25.4 Å². The highest BCUT2D eigenvalue weighted by Crippen LogP contribution is 2.39. The molecule has 4 aromatic rings. The lowest BCUT2D eigenvalue weighted by Gasteiger charge is -2.17. The monoisotopic (exact) mass is 445 g/mol.